The minimum atomic E-state index is -3.63. The zero-order valence-electron chi connectivity index (χ0n) is 11.2. The molecule has 0 bridgehead atoms. The van der Waals surface area contributed by atoms with Gasteiger partial charge in [-0.15, -0.1) is 0 Å². The van der Waals surface area contributed by atoms with Gasteiger partial charge in [-0.3, -0.25) is 0 Å². The maximum absolute atomic E-state index is 12.3. The summed E-state index contributed by atoms with van der Waals surface area (Å²) in [4.78, 5) is 0.139. The van der Waals surface area contributed by atoms with E-state index < -0.39 is 10.0 Å². The highest BCUT2D eigenvalue weighted by molar-refractivity contribution is 9.10. The summed E-state index contributed by atoms with van der Waals surface area (Å²) in [5.41, 5.74) is 1.28. The third kappa shape index (κ3) is 3.70. The molecule has 2 rings (SSSR count). The fourth-order valence-corrected chi connectivity index (χ4v) is 3.75. The summed E-state index contributed by atoms with van der Waals surface area (Å²) in [6, 6.07) is 14.8. The SMILES string of the molecule is C[C@H](NS(=O)(=O)c1ccc(C#N)cc1)c1ccccc1Br. The van der Waals surface area contributed by atoms with Crippen molar-refractivity contribution in [1.82, 2.24) is 4.72 Å². The Morgan fingerprint density at radius 2 is 1.76 bits per heavy atom. The minimum absolute atomic E-state index is 0.139. The fourth-order valence-electron chi connectivity index (χ4n) is 1.90. The van der Waals surface area contributed by atoms with Gasteiger partial charge in [0.2, 0.25) is 10.0 Å². The van der Waals surface area contributed by atoms with Crippen LogP contribution in [0.2, 0.25) is 0 Å². The quantitative estimate of drug-likeness (QED) is 0.903. The maximum Gasteiger partial charge on any atom is 0.241 e. The number of hydrogen-bond donors (Lipinski definition) is 1. The van der Waals surface area contributed by atoms with E-state index in [0.29, 0.717) is 5.56 Å². The van der Waals surface area contributed by atoms with Crippen molar-refractivity contribution < 1.29 is 8.42 Å². The van der Waals surface area contributed by atoms with Gasteiger partial charge in [0.1, 0.15) is 0 Å². The van der Waals surface area contributed by atoms with E-state index in [1.165, 1.54) is 24.3 Å². The summed E-state index contributed by atoms with van der Waals surface area (Å²) in [7, 11) is -3.63. The molecule has 0 aliphatic carbocycles. The van der Waals surface area contributed by atoms with Crippen molar-refractivity contribution in [3.8, 4) is 6.07 Å². The summed E-state index contributed by atoms with van der Waals surface area (Å²) in [6.45, 7) is 1.78. The van der Waals surface area contributed by atoms with E-state index in [4.69, 9.17) is 5.26 Å². The van der Waals surface area contributed by atoms with Crippen molar-refractivity contribution in [2.45, 2.75) is 17.9 Å². The van der Waals surface area contributed by atoms with Crippen LogP contribution in [0.25, 0.3) is 0 Å². The molecule has 4 nitrogen and oxygen atoms in total. The molecule has 1 N–H and O–H groups in total. The molecule has 0 radical (unpaired) electrons. The normalized spacial score (nSPS) is 12.6. The molecule has 0 aromatic heterocycles. The van der Waals surface area contributed by atoms with Crippen molar-refractivity contribution >= 4 is 26.0 Å². The Hall–Kier alpha value is -1.68. The second kappa shape index (κ2) is 6.39. The lowest BCUT2D eigenvalue weighted by molar-refractivity contribution is 0.566. The first-order chi connectivity index (χ1) is 9.94. The summed E-state index contributed by atoms with van der Waals surface area (Å²) in [5, 5.41) is 8.74. The maximum atomic E-state index is 12.3. The lowest BCUT2D eigenvalue weighted by Crippen LogP contribution is -2.27. The Kier molecular flexibility index (Phi) is 4.78. The van der Waals surface area contributed by atoms with Crippen molar-refractivity contribution in [3.05, 3.63) is 64.1 Å². The molecule has 2 aromatic carbocycles. The number of hydrogen-bond acceptors (Lipinski definition) is 3. The molecule has 6 heteroatoms. The second-order valence-electron chi connectivity index (χ2n) is 4.50. The van der Waals surface area contributed by atoms with Crippen LogP contribution in [0.3, 0.4) is 0 Å². The van der Waals surface area contributed by atoms with E-state index in [1.54, 1.807) is 6.92 Å². The van der Waals surface area contributed by atoms with E-state index in [9.17, 15) is 8.42 Å². The zero-order valence-corrected chi connectivity index (χ0v) is 13.6. The summed E-state index contributed by atoms with van der Waals surface area (Å²) < 4.78 is 28.1. The van der Waals surface area contributed by atoms with Crippen LogP contribution < -0.4 is 4.72 Å². The van der Waals surface area contributed by atoms with Crippen LogP contribution in [0.1, 0.15) is 24.1 Å². The molecule has 0 aliphatic heterocycles. The van der Waals surface area contributed by atoms with Crippen molar-refractivity contribution in [2.75, 3.05) is 0 Å². The number of nitrogens with one attached hydrogen (secondary N) is 1. The molecule has 2 aromatic rings. The average molecular weight is 365 g/mol. The molecule has 21 heavy (non-hydrogen) atoms. The van der Waals surface area contributed by atoms with Gasteiger partial charge in [0.25, 0.3) is 0 Å². The average Bonchev–Trinajstić information content (AvgIpc) is 2.47. The Bertz CT molecular complexity index is 780. The van der Waals surface area contributed by atoms with E-state index in [0.717, 1.165) is 10.0 Å². The van der Waals surface area contributed by atoms with Gasteiger partial charge in [-0.25, -0.2) is 13.1 Å². The Morgan fingerprint density at radius 1 is 1.14 bits per heavy atom. The van der Waals surface area contributed by atoms with Gasteiger partial charge in [0.05, 0.1) is 16.5 Å². The largest absolute Gasteiger partial charge is 0.241 e. The van der Waals surface area contributed by atoms with Gasteiger partial charge >= 0.3 is 0 Å². The molecular weight excluding hydrogens is 352 g/mol. The lowest BCUT2D eigenvalue weighted by atomic mass is 10.1. The molecule has 0 fully saturated rings. The first-order valence-corrected chi connectivity index (χ1v) is 8.48. The molecule has 0 saturated carbocycles. The van der Waals surface area contributed by atoms with Gasteiger partial charge in [-0.05, 0) is 42.8 Å². The summed E-state index contributed by atoms with van der Waals surface area (Å²) in [5.74, 6) is 0. The van der Waals surface area contributed by atoms with Gasteiger partial charge in [-0.2, -0.15) is 5.26 Å². The third-order valence-electron chi connectivity index (χ3n) is 3.00. The second-order valence-corrected chi connectivity index (χ2v) is 7.07. The molecule has 0 spiro atoms. The molecule has 0 aliphatic rings. The van der Waals surface area contributed by atoms with Crippen LogP contribution in [0.15, 0.2) is 57.9 Å². The third-order valence-corrected chi connectivity index (χ3v) is 5.28. The monoisotopic (exact) mass is 364 g/mol. The van der Waals surface area contributed by atoms with E-state index >= 15 is 0 Å². The smallest absolute Gasteiger partial charge is 0.207 e. The number of halogens is 1. The molecule has 0 amide bonds. The predicted octanol–water partition coefficient (Wildman–Crippen LogP) is 3.36. The molecule has 1 atom stereocenters. The van der Waals surface area contributed by atoms with Crippen LogP contribution in [0.5, 0.6) is 0 Å². The van der Waals surface area contributed by atoms with Crippen LogP contribution >= 0.6 is 15.9 Å². The van der Waals surface area contributed by atoms with Crippen molar-refractivity contribution in [1.29, 1.82) is 5.26 Å². The fraction of sp³-hybridized carbons (Fsp3) is 0.133. The zero-order chi connectivity index (χ0) is 15.5. The van der Waals surface area contributed by atoms with Gasteiger partial charge in [0, 0.05) is 10.5 Å². The van der Waals surface area contributed by atoms with E-state index in [1.807, 2.05) is 30.3 Å². The lowest BCUT2D eigenvalue weighted by Gasteiger charge is -2.16. The summed E-state index contributed by atoms with van der Waals surface area (Å²) >= 11 is 3.41. The minimum Gasteiger partial charge on any atom is -0.207 e. The van der Waals surface area contributed by atoms with Crippen molar-refractivity contribution in [2.24, 2.45) is 0 Å². The standard InChI is InChI=1S/C15H13BrN2O2S/c1-11(14-4-2-3-5-15(14)16)18-21(19,20)13-8-6-12(10-17)7-9-13/h2-9,11,18H,1H3/t11-/m0/s1. The Balaban J connectivity index is 2.25. The number of rotatable bonds is 4. The molecule has 108 valence electrons. The van der Waals surface area contributed by atoms with Gasteiger partial charge in [-0.1, -0.05) is 34.1 Å². The number of nitriles is 1. The van der Waals surface area contributed by atoms with Gasteiger partial charge in [0.15, 0.2) is 0 Å². The van der Waals surface area contributed by atoms with Crippen molar-refractivity contribution in [3.63, 3.8) is 0 Å². The summed E-state index contributed by atoms with van der Waals surface area (Å²) in [6.07, 6.45) is 0. The van der Waals surface area contributed by atoms with Crippen LogP contribution in [-0.4, -0.2) is 8.42 Å². The first kappa shape index (κ1) is 15.7. The topological polar surface area (TPSA) is 70.0 Å². The molecule has 0 unspecified atom stereocenters. The highest BCUT2D eigenvalue weighted by Crippen LogP contribution is 2.24. The van der Waals surface area contributed by atoms with E-state index in [-0.39, 0.29) is 10.9 Å². The highest BCUT2D eigenvalue weighted by atomic mass is 79.9. The van der Waals surface area contributed by atoms with Crippen LogP contribution in [0.4, 0.5) is 0 Å². The van der Waals surface area contributed by atoms with Crippen LogP contribution in [-0.2, 0) is 10.0 Å². The molecular formula is C15H13BrN2O2S. The molecule has 0 heterocycles. The number of nitrogens with zero attached hydrogens (tertiary/aromatic N) is 1. The predicted molar refractivity (Wildman–Crippen MR) is 84.0 cm³/mol. The van der Waals surface area contributed by atoms with Gasteiger partial charge < -0.3 is 0 Å². The first-order valence-electron chi connectivity index (χ1n) is 6.21. The molecule has 0 saturated heterocycles. The number of sulfonamides is 1. The number of benzene rings is 2. The Labute approximate surface area is 132 Å². The van der Waals surface area contributed by atoms with E-state index in [2.05, 4.69) is 20.7 Å². The van der Waals surface area contributed by atoms with Crippen LogP contribution in [0, 0.1) is 11.3 Å². The highest BCUT2D eigenvalue weighted by Gasteiger charge is 2.19. The Morgan fingerprint density at radius 3 is 2.33 bits per heavy atom.